The lowest BCUT2D eigenvalue weighted by Gasteiger charge is -2.33. The minimum Gasteiger partial charge on any atom is -0.437 e. The van der Waals surface area contributed by atoms with Crippen molar-refractivity contribution in [1.29, 1.82) is 0 Å². The summed E-state index contributed by atoms with van der Waals surface area (Å²) in [6.45, 7) is 6.04. The van der Waals surface area contributed by atoms with Gasteiger partial charge in [0.1, 0.15) is 24.3 Å². The maximum Gasteiger partial charge on any atom is 0.325 e. The predicted molar refractivity (Wildman–Crippen MR) is 241 cm³/mol. The first-order valence-electron chi connectivity index (χ1n) is 22.2. The van der Waals surface area contributed by atoms with Gasteiger partial charge in [0.25, 0.3) is 11.8 Å². The van der Waals surface area contributed by atoms with E-state index in [1.165, 1.54) is 0 Å². The number of nitrogens with two attached hydrogens (primary N) is 2. The summed E-state index contributed by atoms with van der Waals surface area (Å²) < 4.78 is 35.0. The molecule has 0 radical (unpaired) electrons. The lowest BCUT2D eigenvalue weighted by atomic mass is 9.99. The molecule has 0 unspecified atom stereocenters. The quantitative estimate of drug-likeness (QED) is 0.0462. The van der Waals surface area contributed by atoms with Gasteiger partial charge in [0.15, 0.2) is 25.8 Å². The number of nitrogens with one attached hydrogen (secondary N) is 2. The standard InChI is InChI=1S/C50H62N4O12/c1-29(2)39(51)49(59)65-27-63-37-23-33-19-11-13-21-35(33)41(37)53-47(57)45(61-25-31-15-7-5-8-16-31)43(55)44(56)46(62-26-32-17-9-6-10-18-32)48(58)54-42-36-22-14-12-20-34(36)24-38(42)64-28-66-50(60)40(52)30(3)4/h5-22,29-30,37-46,55-56H,23-28,51-52H2,1-4H3,(H,53,57)(H,54,58)/t37-,38-,39+,40+,41+,42+,43-,44-,45-,46-/m1/s1. The fourth-order valence-corrected chi connectivity index (χ4v) is 7.87. The minimum absolute atomic E-state index is 0.151. The van der Waals surface area contributed by atoms with Gasteiger partial charge >= 0.3 is 11.9 Å². The molecule has 2 aliphatic carbocycles. The maximum absolute atomic E-state index is 14.6. The zero-order valence-corrected chi connectivity index (χ0v) is 37.7. The van der Waals surface area contributed by atoms with E-state index in [0.717, 1.165) is 22.3 Å². The third-order valence-corrected chi connectivity index (χ3v) is 11.9. The van der Waals surface area contributed by atoms with E-state index in [-0.39, 0.29) is 25.0 Å². The largest absolute Gasteiger partial charge is 0.437 e. The van der Waals surface area contributed by atoms with Crippen molar-refractivity contribution in [3.63, 3.8) is 0 Å². The second kappa shape index (κ2) is 23.8. The number of rotatable bonds is 23. The number of aliphatic hydroxyl groups excluding tert-OH is 2. The Labute approximate surface area is 385 Å². The number of carbonyl (C=O) groups is 4. The van der Waals surface area contributed by atoms with E-state index in [4.69, 9.17) is 39.9 Å². The van der Waals surface area contributed by atoms with E-state index in [2.05, 4.69) is 10.6 Å². The molecule has 2 aliphatic rings. The maximum atomic E-state index is 14.6. The van der Waals surface area contributed by atoms with Gasteiger partial charge in [-0.15, -0.1) is 0 Å². The van der Waals surface area contributed by atoms with Crippen molar-refractivity contribution in [2.75, 3.05) is 13.6 Å². The second-order valence-corrected chi connectivity index (χ2v) is 17.3. The molecule has 8 N–H and O–H groups in total. The van der Waals surface area contributed by atoms with Crippen molar-refractivity contribution in [3.8, 4) is 0 Å². The van der Waals surface area contributed by atoms with Crippen LogP contribution in [0.1, 0.15) is 73.2 Å². The van der Waals surface area contributed by atoms with Crippen LogP contribution in [-0.2, 0) is 73.7 Å². The zero-order chi connectivity index (χ0) is 47.3. The van der Waals surface area contributed by atoms with Gasteiger partial charge in [0.05, 0.1) is 37.5 Å². The van der Waals surface area contributed by atoms with Crippen LogP contribution in [-0.4, -0.2) is 96.3 Å². The molecule has 16 nitrogen and oxygen atoms in total. The SMILES string of the molecule is CC(C)[C@H](N)C(=O)OCO[C@@H]1Cc2ccccc2[C@@H]1NC(=O)[C@H](OCc1ccccc1)[C@H](O)[C@@H](O)[C@@H](OCc1ccccc1)C(=O)N[C@H]1c2ccccc2C[C@H]1OCOC(=O)[C@@H](N)C(C)C. The third kappa shape index (κ3) is 12.9. The normalized spacial score (nSPS) is 20.3. The van der Waals surface area contributed by atoms with Gasteiger partial charge in [0.2, 0.25) is 0 Å². The number of amides is 2. The first-order valence-corrected chi connectivity index (χ1v) is 22.2. The molecule has 4 aromatic rings. The lowest BCUT2D eigenvalue weighted by molar-refractivity contribution is -0.174. The van der Waals surface area contributed by atoms with E-state index < -0.39 is 98.1 Å². The molecule has 2 amide bonds. The fourth-order valence-electron chi connectivity index (χ4n) is 7.87. The number of ether oxygens (including phenoxy) is 6. The molecule has 0 saturated heterocycles. The molecule has 6 rings (SSSR count). The van der Waals surface area contributed by atoms with Gasteiger partial charge in [-0.1, -0.05) is 137 Å². The Morgan fingerprint density at radius 2 is 0.909 bits per heavy atom. The molecule has 16 heteroatoms. The first kappa shape index (κ1) is 49.9. The summed E-state index contributed by atoms with van der Waals surface area (Å²) in [5, 5.41) is 30.1. The average molecular weight is 911 g/mol. The van der Waals surface area contributed by atoms with Crippen LogP contribution < -0.4 is 22.1 Å². The summed E-state index contributed by atoms with van der Waals surface area (Å²) in [5.41, 5.74) is 16.5. The Morgan fingerprint density at radius 3 is 1.27 bits per heavy atom. The summed E-state index contributed by atoms with van der Waals surface area (Å²) >= 11 is 0. The highest BCUT2D eigenvalue weighted by Gasteiger charge is 2.45. The number of fused-ring (bicyclic) bond motifs is 2. The van der Waals surface area contributed by atoms with E-state index in [0.29, 0.717) is 24.0 Å². The molecule has 354 valence electrons. The van der Waals surface area contributed by atoms with Crippen LogP contribution >= 0.6 is 0 Å². The average Bonchev–Trinajstić information content (AvgIpc) is 3.85. The van der Waals surface area contributed by atoms with Crippen LogP contribution in [0, 0.1) is 11.8 Å². The summed E-state index contributed by atoms with van der Waals surface area (Å²) in [6, 6.07) is 29.4. The smallest absolute Gasteiger partial charge is 0.325 e. The lowest BCUT2D eigenvalue weighted by Crippen LogP contribution is -2.57. The molecule has 66 heavy (non-hydrogen) atoms. The van der Waals surface area contributed by atoms with E-state index >= 15 is 0 Å². The molecule has 0 heterocycles. The highest BCUT2D eigenvalue weighted by molar-refractivity contribution is 5.84. The van der Waals surface area contributed by atoms with Gasteiger partial charge < -0.3 is 60.7 Å². The number of hydrogen-bond donors (Lipinski definition) is 6. The fraction of sp³-hybridized carbons (Fsp3) is 0.440. The minimum atomic E-state index is -2.04. The van der Waals surface area contributed by atoms with Gasteiger partial charge in [0, 0.05) is 12.8 Å². The van der Waals surface area contributed by atoms with Crippen molar-refractivity contribution in [1.82, 2.24) is 10.6 Å². The Morgan fingerprint density at radius 1 is 0.561 bits per heavy atom. The summed E-state index contributed by atoms with van der Waals surface area (Å²) in [4.78, 5) is 54.2. The molecule has 0 saturated carbocycles. The van der Waals surface area contributed by atoms with Crippen molar-refractivity contribution >= 4 is 23.8 Å². The summed E-state index contributed by atoms with van der Waals surface area (Å²) in [7, 11) is 0. The molecule has 10 atom stereocenters. The number of esters is 2. The second-order valence-electron chi connectivity index (χ2n) is 17.3. The Hall–Kier alpha value is -5.56. The van der Waals surface area contributed by atoms with Crippen LogP contribution in [0.3, 0.4) is 0 Å². The molecular weight excluding hydrogens is 849 g/mol. The molecule has 0 spiro atoms. The van der Waals surface area contributed by atoms with Crippen molar-refractivity contribution in [3.05, 3.63) is 143 Å². The van der Waals surface area contributed by atoms with Crippen LogP contribution in [0.25, 0.3) is 0 Å². The van der Waals surface area contributed by atoms with E-state index in [1.807, 2.05) is 60.7 Å². The molecule has 0 aliphatic heterocycles. The van der Waals surface area contributed by atoms with Gasteiger partial charge in [-0.2, -0.15) is 0 Å². The van der Waals surface area contributed by atoms with Crippen molar-refractivity contribution < 1.29 is 57.8 Å². The van der Waals surface area contributed by atoms with Gasteiger partial charge in [-0.25, -0.2) is 0 Å². The summed E-state index contributed by atoms with van der Waals surface area (Å²) in [5.74, 6) is -3.22. The predicted octanol–water partition coefficient (Wildman–Crippen LogP) is 3.44. The molecule has 0 fully saturated rings. The van der Waals surface area contributed by atoms with Crippen molar-refractivity contribution in [2.24, 2.45) is 23.3 Å². The Balaban J connectivity index is 1.24. The molecule has 0 bridgehead atoms. The molecular formula is C50H62N4O12. The number of carbonyl (C=O) groups excluding carboxylic acids is 4. The van der Waals surface area contributed by atoms with E-state index in [9.17, 15) is 29.4 Å². The number of aliphatic hydroxyl groups is 2. The Bertz CT molecular complexity index is 2060. The highest BCUT2D eigenvalue weighted by Crippen LogP contribution is 2.35. The van der Waals surface area contributed by atoms with Gasteiger partial charge in [-0.3, -0.25) is 19.2 Å². The topological polar surface area (TPSA) is 240 Å². The molecule has 4 aromatic carbocycles. The highest BCUT2D eigenvalue weighted by atomic mass is 16.7. The monoisotopic (exact) mass is 910 g/mol. The third-order valence-electron chi connectivity index (χ3n) is 11.9. The van der Waals surface area contributed by atoms with Crippen molar-refractivity contribution in [2.45, 2.75) is 115 Å². The first-order chi connectivity index (χ1) is 31.7. The zero-order valence-electron chi connectivity index (χ0n) is 37.7. The van der Waals surface area contributed by atoms with Crippen LogP contribution in [0.2, 0.25) is 0 Å². The van der Waals surface area contributed by atoms with E-state index in [1.54, 1.807) is 76.2 Å². The van der Waals surface area contributed by atoms with Crippen LogP contribution in [0.4, 0.5) is 0 Å². The number of benzene rings is 4. The molecule has 0 aromatic heterocycles. The number of hydrogen-bond acceptors (Lipinski definition) is 14. The van der Waals surface area contributed by atoms with Gasteiger partial charge in [-0.05, 0) is 45.2 Å². The van der Waals surface area contributed by atoms with Crippen LogP contribution in [0.5, 0.6) is 0 Å². The summed E-state index contributed by atoms with van der Waals surface area (Å²) in [6.07, 6.45) is -8.31. The Kier molecular flexibility index (Phi) is 17.9. The van der Waals surface area contributed by atoms with Crippen LogP contribution in [0.15, 0.2) is 109 Å².